The lowest BCUT2D eigenvalue weighted by atomic mass is 10.1. The average Bonchev–Trinajstić information content (AvgIpc) is 2.86. The SMILES string of the molecule is CCN(CC)CCOc1ccc(Nc2ncc3cc(-c4c(Cl)cccc4Cl)c(=O)n(C)c3n2)cc1.O.[Cl-].[Cl-]. The van der Waals surface area contributed by atoms with E-state index in [1.807, 2.05) is 24.3 Å². The zero-order valence-electron chi connectivity index (χ0n) is 21.1. The van der Waals surface area contributed by atoms with E-state index >= 15 is 0 Å². The minimum absolute atomic E-state index is 0. The van der Waals surface area contributed by atoms with Gasteiger partial charge in [-0.15, -0.1) is 0 Å². The highest BCUT2D eigenvalue weighted by Gasteiger charge is 2.16. The van der Waals surface area contributed by atoms with E-state index in [0.29, 0.717) is 44.8 Å². The first-order valence-electron chi connectivity index (χ1n) is 11.4. The van der Waals surface area contributed by atoms with Gasteiger partial charge in [-0.1, -0.05) is 43.1 Å². The summed E-state index contributed by atoms with van der Waals surface area (Å²) in [7, 11) is 1.67. The predicted octanol–water partition coefficient (Wildman–Crippen LogP) is -1.05. The first-order valence-corrected chi connectivity index (χ1v) is 12.2. The molecule has 206 valence electrons. The Hall–Kier alpha value is -2.59. The molecular formula is C26H29Cl4N5O3-2. The van der Waals surface area contributed by atoms with Crippen LogP contribution in [0.15, 0.2) is 59.5 Å². The van der Waals surface area contributed by atoms with E-state index in [-0.39, 0.29) is 35.8 Å². The first-order chi connectivity index (χ1) is 16.9. The van der Waals surface area contributed by atoms with E-state index in [0.717, 1.165) is 31.1 Å². The Kier molecular flexibility index (Phi) is 13.3. The second-order valence-electron chi connectivity index (χ2n) is 8.02. The molecule has 2 heterocycles. The molecule has 38 heavy (non-hydrogen) atoms. The summed E-state index contributed by atoms with van der Waals surface area (Å²) in [6.45, 7) is 7.83. The Morgan fingerprint density at radius 1 is 1.03 bits per heavy atom. The van der Waals surface area contributed by atoms with E-state index < -0.39 is 0 Å². The molecule has 0 bridgehead atoms. The summed E-state index contributed by atoms with van der Waals surface area (Å²) in [6.07, 6.45) is 1.67. The van der Waals surface area contributed by atoms with Crippen molar-refractivity contribution in [1.29, 1.82) is 0 Å². The van der Waals surface area contributed by atoms with Crippen LogP contribution in [0.2, 0.25) is 10.0 Å². The monoisotopic (exact) mass is 599 g/mol. The summed E-state index contributed by atoms with van der Waals surface area (Å²) in [5, 5.41) is 4.70. The fourth-order valence-electron chi connectivity index (χ4n) is 3.84. The van der Waals surface area contributed by atoms with Crippen molar-refractivity contribution in [2.45, 2.75) is 13.8 Å². The highest BCUT2D eigenvalue weighted by Crippen LogP contribution is 2.33. The molecule has 2 aromatic heterocycles. The van der Waals surface area contributed by atoms with Crippen LogP contribution in [-0.4, -0.2) is 51.2 Å². The van der Waals surface area contributed by atoms with Crippen molar-refractivity contribution in [2.24, 2.45) is 7.05 Å². The molecule has 0 saturated heterocycles. The van der Waals surface area contributed by atoms with Crippen LogP contribution in [0.1, 0.15) is 13.8 Å². The summed E-state index contributed by atoms with van der Waals surface area (Å²) in [5.74, 6) is 1.18. The van der Waals surface area contributed by atoms with Crippen LogP contribution in [-0.2, 0) is 7.05 Å². The summed E-state index contributed by atoms with van der Waals surface area (Å²) >= 11 is 12.7. The van der Waals surface area contributed by atoms with Crippen molar-refractivity contribution >= 4 is 45.9 Å². The maximum Gasteiger partial charge on any atom is 0.259 e. The van der Waals surface area contributed by atoms with Gasteiger partial charge in [-0.3, -0.25) is 9.36 Å². The van der Waals surface area contributed by atoms with Gasteiger partial charge in [-0.05, 0) is 55.6 Å². The lowest BCUT2D eigenvalue weighted by Crippen LogP contribution is -3.00. The maximum atomic E-state index is 13.1. The molecule has 8 nitrogen and oxygen atoms in total. The zero-order chi connectivity index (χ0) is 24.9. The molecule has 4 aromatic rings. The number of nitrogens with one attached hydrogen (secondary N) is 1. The molecule has 0 saturated carbocycles. The minimum atomic E-state index is -0.247. The van der Waals surface area contributed by atoms with Crippen molar-refractivity contribution in [3.8, 4) is 16.9 Å². The van der Waals surface area contributed by atoms with Crippen molar-refractivity contribution in [1.82, 2.24) is 19.4 Å². The molecule has 0 aliphatic rings. The van der Waals surface area contributed by atoms with Crippen molar-refractivity contribution in [2.75, 3.05) is 31.6 Å². The van der Waals surface area contributed by atoms with E-state index in [1.165, 1.54) is 4.57 Å². The zero-order valence-corrected chi connectivity index (χ0v) is 24.2. The molecule has 0 spiro atoms. The van der Waals surface area contributed by atoms with Crippen LogP contribution >= 0.6 is 23.2 Å². The third kappa shape index (κ3) is 7.50. The number of hydrogen-bond acceptors (Lipinski definition) is 6. The molecule has 0 fully saturated rings. The number of aromatic nitrogens is 3. The first kappa shape index (κ1) is 33.4. The van der Waals surface area contributed by atoms with Crippen molar-refractivity contribution in [3.63, 3.8) is 0 Å². The Morgan fingerprint density at radius 2 is 1.66 bits per heavy atom. The standard InChI is InChI=1S/C26H27Cl2N5O2.2ClH.H2O/c1-4-33(5-2)13-14-35-19-11-9-18(10-12-19)30-26-29-16-17-15-20(25(34)32(3)24(17)31-26)23-21(27)7-6-8-22(23)28;;;/h6-12,15-16H,4-5,13-14H2,1-3H3,(H,29,30,31);2*1H;1H2/p-2. The number of fused-ring (bicyclic) bond motifs is 1. The molecule has 0 radical (unpaired) electrons. The molecule has 0 unspecified atom stereocenters. The van der Waals surface area contributed by atoms with Crippen LogP contribution in [0, 0.1) is 0 Å². The van der Waals surface area contributed by atoms with Crippen LogP contribution in [0.4, 0.5) is 11.6 Å². The van der Waals surface area contributed by atoms with Gasteiger partial charge in [0, 0.05) is 36.4 Å². The molecule has 0 atom stereocenters. The van der Waals surface area contributed by atoms with Gasteiger partial charge in [-0.25, -0.2) is 4.98 Å². The fourth-order valence-corrected chi connectivity index (χ4v) is 4.44. The average molecular weight is 601 g/mol. The van der Waals surface area contributed by atoms with E-state index in [1.54, 1.807) is 37.5 Å². The van der Waals surface area contributed by atoms with Crippen LogP contribution in [0.3, 0.4) is 0 Å². The van der Waals surface area contributed by atoms with Gasteiger partial charge in [0.25, 0.3) is 5.56 Å². The second-order valence-corrected chi connectivity index (χ2v) is 8.83. The van der Waals surface area contributed by atoms with Gasteiger partial charge in [0.2, 0.25) is 5.95 Å². The predicted molar refractivity (Wildman–Crippen MR) is 147 cm³/mol. The summed E-state index contributed by atoms with van der Waals surface area (Å²) in [4.78, 5) is 24.4. The maximum absolute atomic E-state index is 13.1. The van der Waals surface area contributed by atoms with E-state index in [4.69, 9.17) is 27.9 Å². The highest BCUT2D eigenvalue weighted by molar-refractivity contribution is 6.39. The Bertz CT molecular complexity index is 1380. The third-order valence-electron chi connectivity index (χ3n) is 5.86. The van der Waals surface area contributed by atoms with Crippen LogP contribution < -0.4 is 40.4 Å². The van der Waals surface area contributed by atoms with Crippen molar-refractivity contribution in [3.05, 3.63) is 75.1 Å². The lowest BCUT2D eigenvalue weighted by Gasteiger charge is -2.18. The number of pyridine rings is 1. The molecule has 3 N–H and O–H groups in total. The highest BCUT2D eigenvalue weighted by atomic mass is 35.5. The Morgan fingerprint density at radius 3 is 2.26 bits per heavy atom. The van der Waals surface area contributed by atoms with Gasteiger partial charge in [0.1, 0.15) is 18.0 Å². The molecule has 0 aliphatic heterocycles. The van der Waals surface area contributed by atoms with Gasteiger partial charge in [0.05, 0.1) is 15.6 Å². The Balaban J connectivity index is 0.00000241. The molecule has 4 rings (SSSR count). The lowest BCUT2D eigenvalue weighted by molar-refractivity contribution is -0.00100. The number of nitrogens with zero attached hydrogens (tertiary/aromatic N) is 4. The number of anilines is 2. The third-order valence-corrected chi connectivity index (χ3v) is 6.49. The molecular weight excluding hydrogens is 572 g/mol. The molecule has 12 heteroatoms. The summed E-state index contributed by atoms with van der Waals surface area (Å²) < 4.78 is 7.32. The molecule has 0 amide bonds. The number of aryl methyl sites for hydroxylation is 1. The molecule has 0 aliphatic carbocycles. The smallest absolute Gasteiger partial charge is 0.259 e. The van der Waals surface area contributed by atoms with Gasteiger partial charge >= 0.3 is 0 Å². The Labute approximate surface area is 244 Å². The van der Waals surface area contributed by atoms with Crippen LogP contribution in [0.25, 0.3) is 22.2 Å². The quantitative estimate of drug-likeness (QED) is 0.263. The number of halogens is 4. The topological polar surface area (TPSA) is 104 Å². The summed E-state index contributed by atoms with van der Waals surface area (Å²) in [6, 6.07) is 14.5. The normalized spacial score (nSPS) is 10.4. The number of benzene rings is 2. The second kappa shape index (κ2) is 15.1. The number of ether oxygens (including phenoxy) is 1. The summed E-state index contributed by atoms with van der Waals surface area (Å²) in [5.41, 5.74) is 1.96. The molecule has 2 aromatic carbocycles. The van der Waals surface area contributed by atoms with Gasteiger partial charge < -0.3 is 45.2 Å². The van der Waals surface area contributed by atoms with Crippen LogP contribution in [0.5, 0.6) is 5.75 Å². The fraction of sp³-hybridized carbons (Fsp3) is 0.269. The van der Waals surface area contributed by atoms with E-state index in [2.05, 4.69) is 34.0 Å². The minimum Gasteiger partial charge on any atom is -1.00 e. The number of likely N-dealkylation sites (N-methyl/N-ethyl adjacent to an activating group) is 1. The van der Waals surface area contributed by atoms with E-state index in [9.17, 15) is 4.79 Å². The van der Waals surface area contributed by atoms with Crippen molar-refractivity contribution < 1.29 is 35.0 Å². The largest absolute Gasteiger partial charge is 1.00 e. The van der Waals surface area contributed by atoms with Gasteiger partial charge in [-0.2, -0.15) is 4.98 Å². The number of hydrogen-bond donors (Lipinski definition) is 1. The van der Waals surface area contributed by atoms with Gasteiger partial charge in [0.15, 0.2) is 0 Å². The number of rotatable bonds is 9.